The molecule has 0 aliphatic carbocycles. The number of nitrogens with zero attached hydrogens (tertiary/aromatic N) is 1. The minimum absolute atomic E-state index is 0.319. The summed E-state index contributed by atoms with van der Waals surface area (Å²) >= 11 is 0. The number of rotatable bonds is 1. The summed E-state index contributed by atoms with van der Waals surface area (Å²) in [5.74, 6) is -1.37. The van der Waals surface area contributed by atoms with Crippen molar-refractivity contribution in [1.29, 1.82) is 0 Å². The Morgan fingerprint density at radius 1 is 1.47 bits per heavy atom. The monoisotopic (exact) mass is 210 g/mol. The molecule has 78 valence electrons. The number of primary amides is 1. The molecule has 2 atom stereocenters. The van der Waals surface area contributed by atoms with Crippen LogP contribution in [0, 0.1) is 0 Å². The topological polar surface area (TPSA) is 55.5 Å². The van der Waals surface area contributed by atoms with Crippen molar-refractivity contribution in [2.45, 2.75) is 12.0 Å². The standard InChI is InChI=1S/C10H8F2N2O/c11-8-10(12,9(13)15)5-6-3-1-2-4-7(6)14-8/h1-5,8H,(H2,13,15). The fourth-order valence-electron chi connectivity index (χ4n) is 1.43. The molecule has 0 aromatic heterocycles. The van der Waals surface area contributed by atoms with Crippen molar-refractivity contribution in [3.63, 3.8) is 0 Å². The number of amides is 1. The molecule has 1 aliphatic rings. The number of benzene rings is 1. The van der Waals surface area contributed by atoms with Gasteiger partial charge in [0.2, 0.25) is 6.30 Å². The van der Waals surface area contributed by atoms with Gasteiger partial charge in [0.05, 0.1) is 5.36 Å². The molecule has 2 N–H and O–H groups in total. The fourth-order valence-corrected chi connectivity index (χ4v) is 1.43. The van der Waals surface area contributed by atoms with E-state index in [0.29, 0.717) is 10.6 Å². The number of carbonyl (C=O) groups excluding carboxylic acids is 1. The first-order valence-electron chi connectivity index (χ1n) is 4.33. The average Bonchev–Trinajstić information content (AvgIpc) is 2.19. The number of fused-ring (bicyclic) bond motifs is 1. The number of hydrogen-bond acceptors (Lipinski definition) is 2. The highest BCUT2D eigenvalue weighted by Crippen LogP contribution is 2.23. The number of nitrogens with two attached hydrogens (primary N) is 1. The van der Waals surface area contributed by atoms with E-state index in [4.69, 9.17) is 5.73 Å². The fraction of sp³-hybridized carbons (Fsp3) is 0.200. The Morgan fingerprint density at radius 2 is 2.13 bits per heavy atom. The predicted molar refractivity (Wildman–Crippen MR) is 49.6 cm³/mol. The molecule has 0 spiro atoms. The van der Waals surface area contributed by atoms with E-state index in [-0.39, 0.29) is 0 Å². The molecule has 1 aromatic rings. The second-order valence-electron chi connectivity index (χ2n) is 3.30. The Bertz CT molecular complexity index is 528. The van der Waals surface area contributed by atoms with Gasteiger partial charge in [-0.05, 0) is 17.4 Å². The quantitative estimate of drug-likeness (QED) is 0.629. The van der Waals surface area contributed by atoms with Crippen LogP contribution in [-0.2, 0) is 4.79 Å². The van der Waals surface area contributed by atoms with Gasteiger partial charge in [0.25, 0.3) is 11.6 Å². The highest BCUT2D eigenvalue weighted by atomic mass is 19.2. The molecule has 1 heterocycles. The lowest BCUT2D eigenvalue weighted by Gasteiger charge is -2.21. The summed E-state index contributed by atoms with van der Waals surface area (Å²) in [5, 5.41) is 0.687. The Morgan fingerprint density at radius 3 is 2.80 bits per heavy atom. The maximum Gasteiger partial charge on any atom is 0.264 e. The molecule has 1 aromatic carbocycles. The van der Waals surface area contributed by atoms with Crippen LogP contribution in [0.25, 0.3) is 6.08 Å². The SMILES string of the molecule is NC(=O)C1(F)C=c2ccccc2=NC1F. The van der Waals surface area contributed by atoms with Gasteiger partial charge in [0.15, 0.2) is 0 Å². The molecule has 15 heavy (non-hydrogen) atoms. The number of alkyl halides is 2. The van der Waals surface area contributed by atoms with Gasteiger partial charge in [0.1, 0.15) is 0 Å². The van der Waals surface area contributed by atoms with E-state index in [0.717, 1.165) is 6.08 Å². The first kappa shape index (κ1) is 9.76. The van der Waals surface area contributed by atoms with Gasteiger partial charge < -0.3 is 5.73 Å². The number of hydrogen-bond donors (Lipinski definition) is 1. The van der Waals surface area contributed by atoms with Crippen LogP contribution < -0.4 is 16.3 Å². The number of carbonyl (C=O) groups is 1. The van der Waals surface area contributed by atoms with E-state index in [1.807, 2.05) is 0 Å². The van der Waals surface area contributed by atoms with Gasteiger partial charge in [0, 0.05) is 0 Å². The first-order valence-corrected chi connectivity index (χ1v) is 4.33. The van der Waals surface area contributed by atoms with E-state index in [1.165, 1.54) is 0 Å². The molecule has 0 fully saturated rings. The van der Waals surface area contributed by atoms with Crippen molar-refractivity contribution in [1.82, 2.24) is 0 Å². The zero-order chi connectivity index (χ0) is 11.1. The summed E-state index contributed by atoms with van der Waals surface area (Å²) in [7, 11) is 0. The predicted octanol–water partition coefficient (Wildman–Crippen LogP) is -0.411. The highest BCUT2D eigenvalue weighted by Gasteiger charge is 2.45. The number of halogens is 2. The van der Waals surface area contributed by atoms with Crippen LogP contribution in [0.4, 0.5) is 8.78 Å². The Hall–Kier alpha value is -1.78. The van der Waals surface area contributed by atoms with Crippen molar-refractivity contribution in [2.75, 3.05) is 0 Å². The van der Waals surface area contributed by atoms with E-state index < -0.39 is 17.9 Å². The molecular formula is C10H8F2N2O. The first-order chi connectivity index (χ1) is 7.04. The van der Waals surface area contributed by atoms with Crippen LogP contribution in [0.1, 0.15) is 0 Å². The van der Waals surface area contributed by atoms with Crippen molar-refractivity contribution in [3.8, 4) is 0 Å². The van der Waals surface area contributed by atoms with E-state index in [2.05, 4.69) is 4.99 Å². The molecule has 5 heteroatoms. The highest BCUT2D eigenvalue weighted by molar-refractivity contribution is 5.91. The lowest BCUT2D eigenvalue weighted by atomic mass is 10.00. The Balaban J connectivity index is 2.71. The van der Waals surface area contributed by atoms with E-state index in [1.54, 1.807) is 24.3 Å². The van der Waals surface area contributed by atoms with Crippen molar-refractivity contribution in [3.05, 3.63) is 34.8 Å². The molecule has 0 saturated carbocycles. The third-order valence-electron chi connectivity index (χ3n) is 2.28. The molecule has 2 rings (SSSR count). The van der Waals surface area contributed by atoms with Crippen molar-refractivity contribution < 1.29 is 13.6 Å². The van der Waals surface area contributed by atoms with Crippen LogP contribution in [0.5, 0.6) is 0 Å². The molecule has 0 saturated heterocycles. The van der Waals surface area contributed by atoms with Gasteiger partial charge in [-0.1, -0.05) is 18.2 Å². The zero-order valence-electron chi connectivity index (χ0n) is 7.65. The Kier molecular flexibility index (Phi) is 2.03. The summed E-state index contributed by atoms with van der Waals surface area (Å²) in [5.41, 5.74) is 1.96. The molecule has 2 unspecified atom stereocenters. The summed E-state index contributed by atoms with van der Waals surface area (Å²) in [4.78, 5) is 14.3. The average molecular weight is 210 g/mol. The molecule has 0 radical (unpaired) electrons. The summed E-state index contributed by atoms with van der Waals surface area (Å²) in [6.07, 6.45) is -1.40. The second kappa shape index (κ2) is 3.12. The number of para-hydroxylation sites is 1. The second-order valence-corrected chi connectivity index (χ2v) is 3.30. The minimum Gasteiger partial charge on any atom is -0.366 e. The summed E-state index contributed by atoms with van der Waals surface area (Å²) in [6.45, 7) is 0. The lowest BCUT2D eigenvalue weighted by molar-refractivity contribution is -0.129. The van der Waals surface area contributed by atoms with Crippen LogP contribution in [0.15, 0.2) is 29.3 Å². The molecule has 3 nitrogen and oxygen atoms in total. The van der Waals surface area contributed by atoms with Crippen LogP contribution in [0.3, 0.4) is 0 Å². The van der Waals surface area contributed by atoms with Crippen LogP contribution in [-0.4, -0.2) is 17.9 Å². The minimum atomic E-state index is -2.84. The van der Waals surface area contributed by atoms with Crippen molar-refractivity contribution in [2.24, 2.45) is 10.7 Å². The maximum absolute atomic E-state index is 13.8. The zero-order valence-corrected chi connectivity index (χ0v) is 7.65. The molecular weight excluding hydrogens is 202 g/mol. The van der Waals surface area contributed by atoms with Gasteiger partial charge in [-0.2, -0.15) is 0 Å². The van der Waals surface area contributed by atoms with Crippen molar-refractivity contribution >= 4 is 12.0 Å². The van der Waals surface area contributed by atoms with Gasteiger partial charge in [-0.3, -0.25) is 4.79 Å². The smallest absolute Gasteiger partial charge is 0.264 e. The van der Waals surface area contributed by atoms with Gasteiger partial charge in [-0.25, -0.2) is 13.8 Å². The summed E-state index contributed by atoms with van der Waals surface area (Å²) < 4.78 is 27.1. The molecule has 0 bridgehead atoms. The van der Waals surface area contributed by atoms with Gasteiger partial charge in [-0.15, -0.1) is 0 Å². The lowest BCUT2D eigenvalue weighted by Crippen LogP contribution is -2.51. The van der Waals surface area contributed by atoms with E-state index in [9.17, 15) is 13.6 Å². The van der Waals surface area contributed by atoms with Crippen LogP contribution >= 0.6 is 0 Å². The maximum atomic E-state index is 13.8. The largest absolute Gasteiger partial charge is 0.366 e. The summed E-state index contributed by atoms with van der Waals surface area (Å²) in [6, 6.07) is 6.38. The third-order valence-corrected chi connectivity index (χ3v) is 2.28. The normalized spacial score (nSPS) is 28.5. The third kappa shape index (κ3) is 1.40. The van der Waals surface area contributed by atoms with E-state index >= 15 is 0 Å². The molecule has 1 amide bonds. The van der Waals surface area contributed by atoms with Crippen LogP contribution in [0.2, 0.25) is 0 Å². The molecule has 1 aliphatic heterocycles. The Labute approximate surface area is 83.9 Å². The van der Waals surface area contributed by atoms with Gasteiger partial charge >= 0.3 is 0 Å².